The normalized spacial score (nSPS) is 11.2. The Labute approximate surface area is 229 Å². The van der Waals surface area contributed by atoms with E-state index < -0.39 is 5.92 Å². The molecule has 2 amide bonds. The molecule has 200 valence electrons. The quantitative estimate of drug-likeness (QED) is 0.212. The van der Waals surface area contributed by atoms with E-state index in [1.54, 1.807) is 13.2 Å². The molecule has 0 radical (unpaired) electrons. The molecule has 39 heavy (non-hydrogen) atoms. The van der Waals surface area contributed by atoms with Crippen LogP contribution in [0.2, 0.25) is 0 Å². The maximum absolute atomic E-state index is 13.3. The van der Waals surface area contributed by atoms with Crippen molar-refractivity contribution in [3.8, 4) is 17.2 Å². The Morgan fingerprint density at radius 2 is 1.44 bits per heavy atom. The predicted molar refractivity (Wildman–Crippen MR) is 154 cm³/mol. The van der Waals surface area contributed by atoms with Crippen LogP contribution in [0.5, 0.6) is 17.2 Å². The lowest BCUT2D eigenvalue weighted by Gasteiger charge is -2.19. The lowest BCUT2D eigenvalue weighted by Crippen LogP contribution is -2.39. The highest BCUT2D eigenvalue weighted by atomic mass is 16.5. The van der Waals surface area contributed by atoms with E-state index in [0.29, 0.717) is 24.4 Å². The fourth-order valence-electron chi connectivity index (χ4n) is 4.06. The van der Waals surface area contributed by atoms with Gasteiger partial charge in [-0.2, -0.15) is 0 Å². The topological polar surface area (TPSA) is 88.7 Å². The average Bonchev–Trinajstić information content (AvgIpc) is 2.97. The fourth-order valence-corrected chi connectivity index (χ4v) is 4.06. The van der Waals surface area contributed by atoms with E-state index in [0.717, 1.165) is 28.3 Å². The second-order valence-corrected chi connectivity index (χ2v) is 9.06. The summed E-state index contributed by atoms with van der Waals surface area (Å²) in [4.78, 5) is 26.1. The van der Waals surface area contributed by atoms with E-state index in [-0.39, 0.29) is 18.4 Å². The van der Waals surface area contributed by atoms with Crippen molar-refractivity contribution in [1.82, 2.24) is 10.6 Å². The first-order chi connectivity index (χ1) is 19.0. The van der Waals surface area contributed by atoms with Crippen LogP contribution < -0.4 is 25.4 Å². The number of hydrogen-bond acceptors (Lipinski definition) is 5. The van der Waals surface area contributed by atoms with Crippen LogP contribution in [-0.2, 0) is 4.79 Å². The zero-order valence-electron chi connectivity index (χ0n) is 22.1. The van der Waals surface area contributed by atoms with E-state index in [4.69, 9.17) is 9.47 Å². The van der Waals surface area contributed by atoms with Crippen LogP contribution in [0, 0.1) is 6.92 Å². The highest BCUT2D eigenvalue weighted by Gasteiger charge is 2.22. The standard InChI is InChI=1S/C32H33N3O4/c1-23-7-6-8-25(21-23)31(36)35-22-30(24-11-15-29(16-12-24)39-28-9-4-3-5-10-28)32(37)34-20-19-33-26-13-17-27(38-2)18-14-26/h3-18,21,30,33H,19-20,22H2,1-2H3,(H,34,37)(H,35,36). The minimum Gasteiger partial charge on any atom is -0.497 e. The highest BCUT2D eigenvalue weighted by molar-refractivity contribution is 5.95. The Morgan fingerprint density at radius 1 is 0.744 bits per heavy atom. The molecule has 1 unspecified atom stereocenters. The van der Waals surface area contributed by atoms with Gasteiger partial charge in [0, 0.05) is 30.9 Å². The molecule has 4 aromatic rings. The van der Waals surface area contributed by atoms with Gasteiger partial charge in [-0.3, -0.25) is 9.59 Å². The molecule has 0 spiro atoms. The number of ether oxygens (including phenoxy) is 2. The van der Waals surface area contributed by atoms with Crippen molar-refractivity contribution < 1.29 is 19.1 Å². The Hall–Kier alpha value is -4.78. The molecule has 0 bridgehead atoms. The highest BCUT2D eigenvalue weighted by Crippen LogP contribution is 2.24. The van der Waals surface area contributed by atoms with Crippen molar-refractivity contribution >= 4 is 17.5 Å². The monoisotopic (exact) mass is 523 g/mol. The molecule has 4 aromatic carbocycles. The molecule has 0 aliphatic carbocycles. The molecule has 4 rings (SSSR count). The fraction of sp³-hybridized carbons (Fsp3) is 0.188. The van der Waals surface area contributed by atoms with Crippen LogP contribution in [0.25, 0.3) is 0 Å². The molecule has 1 atom stereocenters. The molecule has 0 fully saturated rings. The number of para-hydroxylation sites is 1. The van der Waals surface area contributed by atoms with Gasteiger partial charge < -0.3 is 25.4 Å². The number of anilines is 1. The van der Waals surface area contributed by atoms with Gasteiger partial charge >= 0.3 is 0 Å². The molecule has 0 heterocycles. The number of aryl methyl sites for hydroxylation is 1. The Kier molecular flexibility index (Phi) is 9.56. The summed E-state index contributed by atoms with van der Waals surface area (Å²) in [6.45, 7) is 3.06. The van der Waals surface area contributed by atoms with Crippen LogP contribution in [0.1, 0.15) is 27.4 Å². The van der Waals surface area contributed by atoms with Gasteiger partial charge in [-0.15, -0.1) is 0 Å². The van der Waals surface area contributed by atoms with Crippen LogP contribution in [-0.4, -0.2) is 38.6 Å². The van der Waals surface area contributed by atoms with Crippen molar-refractivity contribution in [3.63, 3.8) is 0 Å². The summed E-state index contributed by atoms with van der Waals surface area (Å²) < 4.78 is 11.1. The number of methoxy groups -OCH3 is 1. The smallest absolute Gasteiger partial charge is 0.251 e. The SMILES string of the molecule is COc1ccc(NCCNC(=O)C(CNC(=O)c2cccc(C)c2)c2ccc(Oc3ccccc3)cc2)cc1. The summed E-state index contributed by atoms with van der Waals surface area (Å²) in [5.41, 5.74) is 3.27. The third-order valence-corrected chi connectivity index (χ3v) is 6.17. The minimum atomic E-state index is -0.578. The maximum atomic E-state index is 13.3. The van der Waals surface area contributed by atoms with Crippen molar-refractivity contribution in [2.75, 3.05) is 32.1 Å². The zero-order valence-corrected chi connectivity index (χ0v) is 22.1. The van der Waals surface area contributed by atoms with Crippen molar-refractivity contribution in [2.24, 2.45) is 0 Å². The molecule has 0 aliphatic rings. The maximum Gasteiger partial charge on any atom is 0.251 e. The molecule has 0 aliphatic heterocycles. The van der Waals surface area contributed by atoms with E-state index in [1.165, 1.54) is 0 Å². The third kappa shape index (κ3) is 8.10. The lowest BCUT2D eigenvalue weighted by molar-refractivity contribution is -0.122. The average molecular weight is 524 g/mol. The van der Waals surface area contributed by atoms with E-state index in [2.05, 4.69) is 16.0 Å². The van der Waals surface area contributed by atoms with E-state index in [1.807, 2.05) is 104 Å². The molecule has 0 saturated carbocycles. The Bertz CT molecular complexity index is 1360. The third-order valence-electron chi connectivity index (χ3n) is 6.17. The zero-order chi connectivity index (χ0) is 27.5. The van der Waals surface area contributed by atoms with Gasteiger partial charge in [0.05, 0.1) is 13.0 Å². The van der Waals surface area contributed by atoms with Crippen LogP contribution in [0.15, 0.2) is 103 Å². The van der Waals surface area contributed by atoms with Crippen molar-refractivity contribution in [1.29, 1.82) is 0 Å². The number of hydrogen-bond donors (Lipinski definition) is 3. The minimum absolute atomic E-state index is 0.156. The van der Waals surface area contributed by atoms with Gasteiger partial charge in [0.2, 0.25) is 5.91 Å². The Morgan fingerprint density at radius 3 is 2.13 bits per heavy atom. The van der Waals surface area contributed by atoms with E-state index >= 15 is 0 Å². The number of rotatable bonds is 12. The van der Waals surface area contributed by atoms with Gasteiger partial charge in [-0.05, 0) is 73.2 Å². The van der Waals surface area contributed by atoms with E-state index in [9.17, 15) is 9.59 Å². The molecular formula is C32H33N3O4. The van der Waals surface area contributed by atoms with Crippen molar-refractivity contribution in [2.45, 2.75) is 12.8 Å². The second kappa shape index (κ2) is 13.7. The summed E-state index contributed by atoms with van der Waals surface area (Å²) in [5.74, 6) is 1.20. The van der Waals surface area contributed by atoms with Gasteiger partial charge in [0.15, 0.2) is 0 Å². The number of amides is 2. The van der Waals surface area contributed by atoms with Gasteiger partial charge in [0.1, 0.15) is 17.2 Å². The first-order valence-electron chi connectivity index (χ1n) is 12.8. The second-order valence-electron chi connectivity index (χ2n) is 9.06. The Balaban J connectivity index is 1.40. The summed E-state index contributed by atoms with van der Waals surface area (Å²) in [7, 11) is 1.63. The lowest BCUT2D eigenvalue weighted by atomic mass is 9.97. The van der Waals surface area contributed by atoms with Gasteiger partial charge in [0.25, 0.3) is 5.91 Å². The predicted octanol–water partition coefficient (Wildman–Crippen LogP) is 5.54. The number of carbonyl (C=O) groups excluding carboxylic acids is 2. The molecular weight excluding hydrogens is 490 g/mol. The largest absolute Gasteiger partial charge is 0.497 e. The van der Waals surface area contributed by atoms with Gasteiger partial charge in [-0.25, -0.2) is 0 Å². The molecule has 3 N–H and O–H groups in total. The number of benzene rings is 4. The summed E-state index contributed by atoms with van der Waals surface area (Å²) in [5, 5.41) is 9.20. The summed E-state index contributed by atoms with van der Waals surface area (Å²) in [6, 6.07) is 31.8. The van der Waals surface area contributed by atoms with Crippen LogP contribution in [0.3, 0.4) is 0 Å². The first-order valence-corrected chi connectivity index (χ1v) is 12.8. The molecule has 7 nitrogen and oxygen atoms in total. The molecule has 0 saturated heterocycles. The first kappa shape index (κ1) is 27.3. The molecule has 0 aromatic heterocycles. The summed E-state index contributed by atoms with van der Waals surface area (Å²) in [6.07, 6.45) is 0. The van der Waals surface area contributed by atoms with Crippen LogP contribution in [0.4, 0.5) is 5.69 Å². The van der Waals surface area contributed by atoms with Crippen LogP contribution >= 0.6 is 0 Å². The van der Waals surface area contributed by atoms with Gasteiger partial charge in [-0.1, -0.05) is 48.0 Å². The molecule has 7 heteroatoms. The summed E-state index contributed by atoms with van der Waals surface area (Å²) >= 11 is 0. The van der Waals surface area contributed by atoms with Crippen molar-refractivity contribution in [3.05, 3.63) is 120 Å². The number of nitrogens with one attached hydrogen (secondary N) is 3. The number of carbonyl (C=O) groups is 2.